The van der Waals surface area contributed by atoms with Gasteiger partial charge < -0.3 is 20.5 Å². The third kappa shape index (κ3) is 6.78. The molecule has 0 spiro atoms. The number of anilines is 1. The monoisotopic (exact) mass is 533 g/mol. The lowest BCUT2D eigenvalue weighted by Gasteiger charge is -2.30. The number of benzene rings is 2. The summed E-state index contributed by atoms with van der Waals surface area (Å²) in [6, 6.07) is 13.0. The van der Waals surface area contributed by atoms with E-state index >= 15 is 0 Å². The standard InChI is InChI=1S/C26H31N5O3.2ClH/c1-2-29-30-12-10-22(11-13-30)34-23-8-9-24-20(16-23)15-21(31(24)25(33)17-32)7-6-18-4-3-5-19(14-18)26(27)28;;/h2-9,14,16,21-22,32H,10-13,15,17H2,1H3,(H3,27,28);2*1H/b7-6+,29-2+;;. The van der Waals surface area contributed by atoms with E-state index in [0.29, 0.717) is 12.0 Å². The number of aliphatic hydroxyl groups excluding tert-OH is 1. The molecule has 1 amide bonds. The van der Waals surface area contributed by atoms with E-state index in [1.165, 1.54) is 0 Å². The number of hydrogen-bond acceptors (Lipinski definition) is 6. The molecule has 0 radical (unpaired) electrons. The molecule has 1 atom stereocenters. The van der Waals surface area contributed by atoms with Crippen LogP contribution in [0.5, 0.6) is 5.75 Å². The number of amides is 1. The van der Waals surface area contributed by atoms with Crippen molar-refractivity contribution < 1.29 is 14.6 Å². The Morgan fingerprint density at radius 3 is 2.64 bits per heavy atom. The molecule has 0 aliphatic carbocycles. The van der Waals surface area contributed by atoms with E-state index in [1.807, 2.05) is 61.7 Å². The van der Waals surface area contributed by atoms with Crippen molar-refractivity contribution in [1.29, 1.82) is 5.41 Å². The van der Waals surface area contributed by atoms with Crippen LogP contribution in [0.3, 0.4) is 0 Å². The highest BCUT2D eigenvalue weighted by atomic mass is 35.5. The van der Waals surface area contributed by atoms with Gasteiger partial charge in [0.1, 0.15) is 24.3 Å². The molecule has 4 N–H and O–H groups in total. The maximum atomic E-state index is 12.6. The first-order valence-electron chi connectivity index (χ1n) is 11.6. The molecule has 36 heavy (non-hydrogen) atoms. The molecule has 0 bridgehead atoms. The second kappa shape index (κ2) is 13.3. The molecule has 2 aliphatic heterocycles. The molecule has 1 fully saturated rings. The number of ether oxygens (including phenoxy) is 1. The van der Waals surface area contributed by atoms with Crippen molar-refractivity contribution in [2.75, 3.05) is 24.6 Å². The van der Waals surface area contributed by atoms with Gasteiger partial charge in [-0.05, 0) is 48.7 Å². The molecule has 0 aromatic heterocycles. The van der Waals surface area contributed by atoms with E-state index in [9.17, 15) is 9.90 Å². The zero-order chi connectivity index (χ0) is 24.1. The summed E-state index contributed by atoms with van der Waals surface area (Å²) in [6.07, 6.45) is 8.28. The largest absolute Gasteiger partial charge is 0.490 e. The zero-order valence-corrected chi connectivity index (χ0v) is 21.8. The normalized spacial score (nSPS) is 17.6. The van der Waals surface area contributed by atoms with Crippen molar-refractivity contribution in [2.24, 2.45) is 10.8 Å². The van der Waals surface area contributed by atoms with E-state index in [2.05, 4.69) is 10.1 Å². The Morgan fingerprint density at radius 1 is 1.22 bits per heavy atom. The first-order valence-corrected chi connectivity index (χ1v) is 11.6. The molecule has 2 heterocycles. The molecule has 4 rings (SSSR count). The number of piperidine rings is 1. The van der Waals surface area contributed by atoms with Gasteiger partial charge in [-0.3, -0.25) is 15.2 Å². The smallest absolute Gasteiger partial charge is 0.253 e. The number of amidine groups is 1. The van der Waals surface area contributed by atoms with Crippen LogP contribution in [0.4, 0.5) is 5.69 Å². The van der Waals surface area contributed by atoms with Crippen LogP contribution in [-0.4, -0.2) is 59.9 Å². The number of hydrazone groups is 1. The minimum Gasteiger partial charge on any atom is -0.490 e. The van der Waals surface area contributed by atoms with Gasteiger partial charge in [0.15, 0.2) is 0 Å². The van der Waals surface area contributed by atoms with E-state index < -0.39 is 6.61 Å². The summed E-state index contributed by atoms with van der Waals surface area (Å²) in [7, 11) is 0. The summed E-state index contributed by atoms with van der Waals surface area (Å²) >= 11 is 0. The van der Waals surface area contributed by atoms with Crippen molar-refractivity contribution in [3.05, 3.63) is 65.2 Å². The van der Waals surface area contributed by atoms with E-state index in [-0.39, 0.29) is 48.7 Å². The molecule has 1 unspecified atom stereocenters. The topological polar surface area (TPSA) is 115 Å². The molecular formula is C26H33Cl2N5O3. The van der Waals surface area contributed by atoms with Crippen LogP contribution < -0.4 is 15.4 Å². The predicted octanol–water partition coefficient (Wildman–Crippen LogP) is 3.63. The Balaban J connectivity index is 0.00000228. The van der Waals surface area contributed by atoms with Crippen LogP contribution in [0.1, 0.15) is 36.5 Å². The van der Waals surface area contributed by atoms with Gasteiger partial charge in [-0.15, -0.1) is 24.8 Å². The van der Waals surface area contributed by atoms with Gasteiger partial charge in [0.25, 0.3) is 5.91 Å². The summed E-state index contributed by atoms with van der Waals surface area (Å²) in [4.78, 5) is 14.2. The van der Waals surface area contributed by atoms with Crippen molar-refractivity contribution in [1.82, 2.24) is 5.01 Å². The maximum Gasteiger partial charge on any atom is 0.253 e. The highest BCUT2D eigenvalue weighted by Gasteiger charge is 2.32. The van der Waals surface area contributed by atoms with Crippen molar-refractivity contribution in [2.45, 2.75) is 38.3 Å². The van der Waals surface area contributed by atoms with Gasteiger partial charge in [0.05, 0.1) is 6.04 Å². The minimum atomic E-state index is -0.555. The molecule has 1 saturated heterocycles. The number of carbonyl (C=O) groups is 1. The molecule has 2 aromatic carbocycles. The Bertz CT molecular complexity index is 1120. The number of carbonyl (C=O) groups excluding carboxylic acids is 1. The number of rotatable bonds is 7. The number of nitrogens with two attached hydrogens (primary N) is 1. The zero-order valence-electron chi connectivity index (χ0n) is 20.2. The number of nitrogens with one attached hydrogen (secondary N) is 1. The summed E-state index contributed by atoms with van der Waals surface area (Å²) in [5.41, 5.74) is 8.95. The van der Waals surface area contributed by atoms with Crippen LogP contribution in [0.15, 0.2) is 53.6 Å². The highest BCUT2D eigenvalue weighted by molar-refractivity contribution is 5.98. The Morgan fingerprint density at radius 2 is 1.97 bits per heavy atom. The minimum absolute atomic E-state index is 0. The van der Waals surface area contributed by atoms with Gasteiger partial charge in [-0.2, -0.15) is 5.10 Å². The number of fused-ring (bicyclic) bond motifs is 1. The molecule has 8 nitrogen and oxygen atoms in total. The van der Waals surface area contributed by atoms with Gasteiger partial charge in [-0.25, -0.2) is 0 Å². The van der Waals surface area contributed by atoms with Crippen LogP contribution >= 0.6 is 24.8 Å². The number of nitrogens with zero attached hydrogens (tertiary/aromatic N) is 3. The lowest BCUT2D eigenvalue weighted by Crippen LogP contribution is -2.38. The summed E-state index contributed by atoms with van der Waals surface area (Å²) in [6.45, 7) is 3.11. The van der Waals surface area contributed by atoms with Crippen LogP contribution in [0, 0.1) is 5.41 Å². The third-order valence-electron chi connectivity index (χ3n) is 6.18. The van der Waals surface area contributed by atoms with Gasteiger partial charge >= 0.3 is 0 Å². The Hall–Kier alpha value is -3.07. The molecule has 10 heteroatoms. The summed E-state index contributed by atoms with van der Waals surface area (Å²) in [5, 5.41) is 23.6. The Kier molecular flexibility index (Phi) is 10.8. The Labute approximate surface area is 224 Å². The van der Waals surface area contributed by atoms with Crippen molar-refractivity contribution in [3.63, 3.8) is 0 Å². The van der Waals surface area contributed by atoms with Crippen LogP contribution in [0.2, 0.25) is 0 Å². The molecule has 0 saturated carbocycles. The van der Waals surface area contributed by atoms with Gasteiger partial charge in [0, 0.05) is 43.4 Å². The first kappa shape index (κ1) is 29.2. The fraction of sp³-hybridized carbons (Fsp3) is 0.346. The number of hydrogen-bond donors (Lipinski definition) is 3. The first-order chi connectivity index (χ1) is 16.5. The van der Waals surface area contributed by atoms with Crippen molar-refractivity contribution in [3.8, 4) is 5.75 Å². The van der Waals surface area contributed by atoms with E-state index in [1.54, 1.807) is 11.0 Å². The van der Waals surface area contributed by atoms with Crippen molar-refractivity contribution >= 4 is 54.5 Å². The molecule has 2 aliphatic rings. The van der Waals surface area contributed by atoms with Gasteiger partial charge in [0.2, 0.25) is 0 Å². The van der Waals surface area contributed by atoms with E-state index in [4.69, 9.17) is 15.9 Å². The average Bonchev–Trinajstić information content (AvgIpc) is 3.21. The fourth-order valence-corrected chi connectivity index (χ4v) is 4.54. The lowest BCUT2D eigenvalue weighted by molar-refractivity contribution is -0.121. The quantitative estimate of drug-likeness (QED) is 0.371. The average molecular weight is 534 g/mol. The molecule has 2 aromatic rings. The fourth-order valence-electron chi connectivity index (χ4n) is 4.54. The molecule has 194 valence electrons. The highest BCUT2D eigenvalue weighted by Crippen LogP contribution is 2.36. The van der Waals surface area contributed by atoms with Crippen LogP contribution in [-0.2, 0) is 11.2 Å². The number of halogens is 2. The predicted molar refractivity (Wildman–Crippen MR) is 149 cm³/mol. The third-order valence-corrected chi connectivity index (χ3v) is 6.18. The molecular weight excluding hydrogens is 501 g/mol. The summed E-state index contributed by atoms with van der Waals surface area (Å²) in [5.74, 6) is 0.465. The lowest BCUT2D eigenvalue weighted by atomic mass is 10.1. The van der Waals surface area contributed by atoms with Crippen LogP contribution in [0.25, 0.3) is 6.08 Å². The second-order valence-electron chi connectivity index (χ2n) is 8.53. The van der Waals surface area contributed by atoms with E-state index in [0.717, 1.165) is 48.5 Å². The summed E-state index contributed by atoms with van der Waals surface area (Å²) < 4.78 is 6.25. The SMILES string of the molecule is C/C=N/N1CCC(Oc2ccc3c(c2)CC(/C=C/c2cccc(C(=N)N)c2)N3C(=O)CO)CC1.Cl.Cl. The second-order valence-corrected chi connectivity index (χ2v) is 8.53. The van der Waals surface area contributed by atoms with Gasteiger partial charge in [-0.1, -0.05) is 30.4 Å². The maximum absolute atomic E-state index is 12.6. The number of nitrogen functional groups attached to an aromatic ring is 1. The number of aliphatic hydroxyl groups is 1.